The van der Waals surface area contributed by atoms with Gasteiger partial charge in [0, 0.05) is 15.9 Å². The van der Waals surface area contributed by atoms with Crippen molar-refractivity contribution in [1.82, 2.24) is 4.67 Å². The van der Waals surface area contributed by atoms with Crippen LogP contribution in [0.5, 0.6) is 0 Å². The molecular weight excluding hydrogens is 310 g/mol. The Morgan fingerprint density at radius 1 is 1.00 bits per heavy atom. The Bertz CT molecular complexity index is 253. The molecule has 19 heavy (non-hydrogen) atoms. The van der Waals surface area contributed by atoms with Gasteiger partial charge in [-0.1, -0.05) is 26.7 Å². The molecule has 0 saturated heterocycles. The van der Waals surface area contributed by atoms with Crippen LogP contribution in [0.4, 0.5) is 25.2 Å². The maximum absolute atomic E-state index is 10.7. The van der Waals surface area contributed by atoms with Crippen LogP contribution in [0, 0.1) is 0 Å². The van der Waals surface area contributed by atoms with E-state index < -0.39 is 7.81 Å². The van der Waals surface area contributed by atoms with Crippen LogP contribution in [0.25, 0.3) is 0 Å². The number of nitrogens with zero attached hydrogens (tertiary/aromatic N) is 1. The van der Waals surface area contributed by atoms with Gasteiger partial charge >= 0.3 is 33.0 Å². The number of rotatable bonds is 6. The van der Waals surface area contributed by atoms with Crippen LogP contribution in [0.2, 0.25) is 0 Å². The molecule has 2 unspecified atom stereocenters. The van der Waals surface area contributed by atoms with Crippen molar-refractivity contribution < 1.29 is 25.2 Å². The van der Waals surface area contributed by atoms with Crippen LogP contribution in [-0.4, -0.2) is 16.8 Å². The summed E-state index contributed by atoms with van der Waals surface area (Å²) in [6, 6.07) is 0. The maximum atomic E-state index is 9.87. The predicted octanol–water partition coefficient (Wildman–Crippen LogP) is 6.57. The molecule has 0 aromatic carbocycles. The van der Waals surface area contributed by atoms with E-state index in [1.54, 1.807) is 0 Å². The monoisotopic (exact) mass is 335 g/mol. The van der Waals surface area contributed by atoms with Gasteiger partial charge in [0.25, 0.3) is 0 Å². The summed E-state index contributed by atoms with van der Waals surface area (Å²) in [7, 11) is -8.63. The molecule has 0 aromatic rings. The number of unbranched alkanes of at least 4 members (excludes halogenated alkanes) is 1. The standard InChI is InChI=1S/C10H24NP.F6P/c1-5-8-9-10(4,6-2)11(12)7-3;1-7(2,3,4,5)6/h5-9,12H2,1-4H3;/q;-1/p+1. The molecule has 0 fully saturated rings. The third-order valence-corrected chi connectivity index (χ3v) is 4.19. The first-order chi connectivity index (χ1) is 8.05. The summed E-state index contributed by atoms with van der Waals surface area (Å²) in [5.74, 6) is 0. The van der Waals surface area contributed by atoms with Gasteiger partial charge in [-0.05, 0) is 26.7 Å². The van der Waals surface area contributed by atoms with Gasteiger partial charge in [-0.3, -0.25) is 0 Å². The van der Waals surface area contributed by atoms with Crippen LogP contribution >= 0.6 is 17.2 Å². The summed E-state index contributed by atoms with van der Waals surface area (Å²) in [4.78, 5) is 0. The Balaban J connectivity index is 0. The van der Waals surface area contributed by atoms with E-state index in [1.165, 1.54) is 32.2 Å². The SMILES string of the molecule is CCCCC(C)(CC)N([PH3+])CC.F[P-](F)(F)(F)(F)F. The van der Waals surface area contributed by atoms with E-state index in [1.807, 2.05) is 9.39 Å². The molecule has 0 heterocycles. The van der Waals surface area contributed by atoms with Crippen molar-refractivity contribution in [2.45, 2.75) is 58.9 Å². The van der Waals surface area contributed by atoms with E-state index in [4.69, 9.17) is 0 Å². The fourth-order valence-electron chi connectivity index (χ4n) is 1.50. The van der Waals surface area contributed by atoms with Crippen molar-refractivity contribution in [3.8, 4) is 0 Å². The second-order valence-electron chi connectivity index (χ2n) is 4.77. The minimum atomic E-state index is -10.7. The van der Waals surface area contributed by atoms with E-state index in [9.17, 15) is 25.2 Å². The number of halogens is 6. The quantitative estimate of drug-likeness (QED) is 0.392. The molecule has 0 aliphatic heterocycles. The normalized spacial score (nSPS) is 19.1. The van der Waals surface area contributed by atoms with Gasteiger partial charge in [-0.25, -0.2) is 0 Å². The van der Waals surface area contributed by atoms with Crippen LogP contribution < -0.4 is 0 Å². The Hall–Kier alpha value is 0.400. The molecule has 0 saturated carbocycles. The van der Waals surface area contributed by atoms with E-state index in [-0.39, 0.29) is 0 Å². The van der Waals surface area contributed by atoms with Crippen LogP contribution in [0.3, 0.4) is 0 Å². The number of hydrogen-bond donors (Lipinski definition) is 0. The van der Waals surface area contributed by atoms with Crippen molar-refractivity contribution in [2.75, 3.05) is 6.54 Å². The Labute approximate surface area is 113 Å². The molecule has 1 nitrogen and oxygen atoms in total. The Kier molecular flexibility index (Phi) is 7.36. The van der Waals surface area contributed by atoms with E-state index >= 15 is 0 Å². The Morgan fingerprint density at radius 3 is 1.58 bits per heavy atom. The van der Waals surface area contributed by atoms with Gasteiger partial charge in [-0.15, -0.1) is 0 Å². The molecule has 2 atom stereocenters. The second-order valence-corrected chi connectivity index (χ2v) is 7.45. The van der Waals surface area contributed by atoms with E-state index in [0.717, 1.165) is 0 Å². The summed E-state index contributed by atoms with van der Waals surface area (Å²) in [5, 5.41) is 0. The molecule has 0 rings (SSSR count). The first-order valence-electron chi connectivity index (χ1n) is 6.20. The van der Waals surface area contributed by atoms with Crippen LogP contribution in [0.1, 0.15) is 53.4 Å². The number of hydrogen-bond acceptors (Lipinski definition) is 1. The van der Waals surface area contributed by atoms with Crippen molar-refractivity contribution in [3.05, 3.63) is 0 Å². The van der Waals surface area contributed by atoms with Crippen molar-refractivity contribution >= 4 is 17.2 Å². The van der Waals surface area contributed by atoms with Crippen LogP contribution in [-0.2, 0) is 0 Å². The molecule has 0 aliphatic carbocycles. The molecule has 0 amide bonds. The topological polar surface area (TPSA) is 3.24 Å². The first-order valence-corrected chi connectivity index (χ1v) is 8.86. The molecule has 0 radical (unpaired) electrons. The zero-order valence-electron chi connectivity index (χ0n) is 11.9. The van der Waals surface area contributed by atoms with Gasteiger partial charge in [0.2, 0.25) is 0 Å². The molecule has 0 bridgehead atoms. The van der Waals surface area contributed by atoms with Gasteiger partial charge in [-0.2, -0.15) is 4.67 Å². The van der Waals surface area contributed by atoms with Gasteiger partial charge < -0.3 is 0 Å². The average molecular weight is 335 g/mol. The molecule has 122 valence electrons. The third kappa shape index (κ3) is 18.4. The summed E-state index contributed by atoms with van der Waals surface area (Å²) in [5.41, 5.74) is 0.448. The zero-order valence-corrected chi connectivity index (χ0v) is 14.2. The third-order valence-electron chi connectivity index (χ3n) is 2.98. The fourth-order valence-corrected chi connectivity index (χ4v) is 1.88. The molecular formula is C10H25F6NP2. The Morgan fingerprint density at radius 2 is 1.37 bits per heavy atom. The molecule has 0 N–H and O–H groups in total. The average Bonchev–Trinajstić information content (AvgIpc) is 2.20. The fraction of sp³-hybridized carbons (Fsp3) is 1.00. The van der Waals surface area contributed by atoms with Crippen molar-refractivity contribution in [2.24, 2.45) is 0 Å². The molecule has 0 aromatic heterocycles. The summed E-state index contributed by atoms with van der Waals surface area (Å²) in [6.45, 7) is 10.4. The van der Waals surface area contributed by atoms with Gasteiger partial charge in [0.05, 0.1) is 5.54 Å². The van der Waals surface area contributed by atoms with Crippen molar-refractivity contribution in [1.29, 1.82) is 0 Å². The zero-order chi connectivity index (χ0) is 16.0. The summed E-state index contributed by atoms with van der Waals surface area (Å²) < 4.78 is 61.7. The predicted molar refractivity (Wildman–Crippen MR) is 75.3 cm³/mol. The van der Waals surface area contributed by atoms with Gasteiger partial charge in [0.15, 0.2) is 0 Å². The van der Waals surface area contributed by atoms with E-state index in [2.05, 4.69) is 32.4 Å². The van der Waals surface area contributed by atoms with Crippen molar-refractivity contribution in [3.63, 3.8) is 0 Å². The second kappa shape index (κ2) is 6.44. The minimum absolute atomic E-state index is 0.448. The summed E-state index contributed by atoms with van der Waals surface area (Å²) in [6.07, 6.45) is 5.29. The summed E-state index contributed by atoms with van der Waals surface area (Å²) >= 11 is 0. The van der Waals surface area contributed by atoms with E-state index in [0.29, 0.717) is 5.54 Å². The molecule has 0 aliphatic rings. The molecule has 0 spiro atoms. The molecule has 9 heteroatoms. The first kappa shape index (κ1) is 21.7. The van der Waals surface area contributed by atoms with Gasteiger partial charge in [0.1, 0.15) is 0 Å². The van der Waals surface area contributed by atoms with Crippen LogP contribution in [0.15, 0.2) is 0 Å².